The van der Waals surface area contributed by atoms with E-state index < -0.39 is 35.6 Å². The highest BCUT2D eigenvalue weighted by Crippen LogP contribution is 2.32. The van der Waals surface area contributed by atoms with Gasteiger partial charge < -0.3 is 14.9 Å². The van der Waals surface area contributed by atoms with E-state index >= 15 is 0 Å². The third-order valence-electron chi connectivity index (χ3n) is 7.36. The molecule has 1 aliphatic heterocycles. The van der Waals surface area contributed by atoms with E-state index in [1.165, 1.54) is 5.57 Å². The Balaban J connectivity index is 2.37. The summed E-state index contributed by atoms with van der Waals surface area (Å²) in [7, 11) is 0. The number of esters is 1. The van der Waals surface area contributed by atoms with E-state index in [-0.39, 0.29) is 18.1 Å². The molecular formula is C28H43NO5S. The third-order valence-corrected chi connectivity index (χ3v) is 8.15. The predicted molar refractivity (Wildman–Crippen MR) is 141 cm³/mol. The van der Waals surface area contributed by atoms with E-state index in [9.17, 15) is 19.8 Å². The molecule has 6 nitrogen and oxygen atoms in total. The fourth-order valence-corrected chi connectivity index (χ4v) is 5.21. The van der Waals surface area contributed by atoms with Crippen LogP contribution in [0.4, 0.5) is 0 Å². The van der Waals surface area contributed by atoms with E-state index in [4.69, 9.17) is 4.74 Å². The first-order valence-electron chi connectivity index (χ1n) is 12.7. The molecule has 1 aromatic heterocycles. The van der Waals surface area contributed by atoms with Crippen molar-refractivity contribution in [2.45, 2.75) is 105 Å². The summed E-state index contributed by atoms with van der Waals surface area (Å²) in [6.45, 7) is 12.9. The number of aromatic nitrogens is 1. The second-order valence-electron chi connectivity index (χ2n) is 10.6. The number of ether oxygens (including phenoxy) is 1. The zero-order valence-electron chi connectivity index (χ0n) is 22.3. The predicted octanol–water partition coefficient (Wildman–Crippen LogP) is 5.66. The third kappa shape index (κ3) is 8.09. The first-order valence-corrected chi connectivity index (χ1v) is 13.6. The van der Waals surface area contributed by atoms with Crippen LogP contribution in [0, 0.1) is 24.2 Å². The first kappa shape index (κ1) is 29.4. The summed E-state index contributed by atoms with van der Waals surface area (Å²) < 4.78 is 5.85. The summed E-state index contributed by atoms with van der Waals surface area (Å²) in [6, 6.07) is 0. The summed E-state index contributed by atoms with van der Waals surface area (Å²) in [4.78, 5) is 30.6. The van der Waals surface area contributed by atoms with Gasteiger partial charge in [-0.3, -0.25) is 9.59 Å². The van der Waals surface area contributed by atoms with Crippen LogP contribution in [0.15, 0.2) is 22.6 Å². The summed E-state index contributed by atoms with van der Waals surface area (Å²) in [6.07, 6.45) is 5.35. The largest absolute Gasteiger partial charge is 0.457 e. The maximum atomic E-state index is 13.2. The van der Waals surface area contributed by atoms with Crippen molar-refractivity contribution in [3.63, 3.8) is 0 Å². The van der Waals surface area contributed by atoms with Crippen molar-refractivity contribution in [2.24, 2.45) is 17.3 Å². The number of hydrogen-bond acceptors (Lipinski definition) is 7. The van der Waals surface area contributed by atoms with Gasteiger partial charge in [0.2, 0.25) is 0 Å². The van der Waals surface area contributed by atoms with E-state index in [0.29, 0.717) is 6.42 Å². The smallest absolute Gasteiger partial charge is 0.309 e. The Bertz CT molecular complexity index is 932. The van der Waals surface area contributed by atoms with Gasteiger partial charge in [-0.1, -0.05) is 46.3 Å². The van der Waals surface area contributed by atoms with Gasteiger partial charge in [0, 0.05) is 17.7 Å². The molecule has 2 N–H and O–H groups in total. The molecular weight excluding hydrogens is 462 g/mol. The van der Waals surface area contributed by atoms with Crippen LogP contribution in [0.25, 0.3) is 6.08 Å². The number of nitrogens with zero attached hydrogens (tertiary/aromatic N) is 1. The van der Waals surface area contributed by atoms with Crippen LogP contribution in [0.5, 0.6) is 0 Å². The Hall–Kier alpha value is -1.83. The molecule has 35 heavy (non-hydrogen) atoms. The molecule has 0 radical (unpaired) electrons. The van der Waals surface area contributed by atoms with Gasteiger partial charge in [0.1, 0.15) is 11.9 Å². The number of thiazole rings is 1. The number of cyclic esters (lactones) is 1. The van der Waals surface area contributed by atoms with Crippen molar-refractivity contribution in [3.05, 3.63) is 33.3 Å². The Morgan fingerprint density at radius 2 is 1.97 bits per heavy atom. The van der Waals surface area contributed by atoms with Crippen LogP contribution in [0.1, 0.15) is 90.8 Å². The minimum Gasteiger partial charge on any atom is -0.457 e. The molecule has 0 saturated heterocycles. The molecule has 0 unspecified atom stereocenters. The SMILES string of the molecule is CC/C1=C/C[C@H](/C(C)=C/c2csc(C)n2)OC(=O)C[C@H](O)C(C)(C)C(=O)[C@H](C)[C@@H](O)[C@@H](C)CCC1. The van der Waals surface area contributed by atoms with Crippen LogP contribution < -0.4 is 0 Å². The molecule has 196 valence electrons. The van der Waals surface area contributed by atoms with Crippen molar-refractivity contribution in [1.29, 1.82) is 0 Å². The molecule has 0 aliphatic carbocycles. The number of hydrogen-bond donors (Lipinski definition) is 2. The number of carbonyl (C=O) groups excluding carboxylic acids is 2. The van der Waals surface area contributed by atoms with Gasteiger partial charge in [0.15, 0.2) is 0 Å². The lowest BCUT2D eigenvalue weighted by molar-refractivity contribution is -0.154. The van der Waals surface area contributed by atoms with Crippen molar-refractivity contribution in [3.8, 4) is 0 Å². The highest BCUT2D eigenvalue weighted by atomic mass is 32.1. The molecule has 1 aliphatic rings. The van der Waals surface area contributed by atoms with Crippen molar-refractivity contribution in [2.75, 3.05) is 0 Å². The standard InChI is InChI=1S/C28H43NO5S/c1-8-21-11-9-10-17(2)26(32)19(4)27(33)28(6,7)24(30)15-25(31)34-23(13-12-21)18(3)14-22-16-35-20(5)29-22/h12,14,16-17,19,23-24,26,30,32H,8-11,13,15H2,1-7H3/b18-14+,21-12-/t17-,19+,23+,24-,26-/m0/s1. The first-order chi connectivity index (χ1) is 16.4. The Morgan fingerprint density at radius 3 is 2.57 bits per heavy atom. The summed E-state index contributed by atoms with van der Waals surface area (Å²) in [5.74, 6) is -1.48. The lowest BCUT2D eigenvalue weighted by atomic mass is 9.73. The zero-order valence-corrected chi connectivity index (χ0v) is 23.2. The van der Waals surface area contributed by atoms with Gasteiger partial charge >= 0.3 is 5.97 Å². The van der Waals surface area contributed by atoms with Crippen molar-refractivity contribution < 1.29 is 24.5 Å². The molecule has 0 spiro atoms. The Morgan fingerprint density at radius 1 is 1.29 bits per heavy atom. The number of carbonyl (C=O) groups is 2. The molecule has 2 rings (SSSR count). The maximum absolute atomic E-state index is 13.2. The molecule has 0 saturated carbocycles. The van der Waals surface area contributed by atoms with Gasteiger partial charge in [-0.15, -0.1) is 11.3 Å². The van der Waals surface area contributed by atoms with Crippen LogP contribution in [0.3, 0.4) is 0 Å². The topological polar surface area (TPSA) is 96.7 Å². The van der Waals surface area contributed by atoms with Crippen LogP contribution >= 0.6 is 11.3 Å². The number of rotatable bonds is 3. The van der Waals surface area contributed by atoms with Gasteiger partial charge in [-0.25, -0.2) is 4.98 Å². The second-order valence-corrected chi connectivity index (χ2v) is 11.6. The Labute approximate surface area is 214 Å². The monoisotopic (exact) mass is 505 g/mol. The fraction of sp³-hybridized carbons (Fsp3) is 0.679. The number of aliphatic hydroxyl groups excluding tert-OH is 2. The molecule has 7 heteroatoms. The number of aryl methyl sites for hydroxylation is 1. The number of aliphatic hydroxyl groups is 2. The number of allylic oxidation sites excluding steroid dienone is 1. The van der Waals surface area contributed by atoms with Crippen LogP contribution in [-0.4, -0.2) is 45.3 Å². The van der Waals surface area contributed by atoms with Gasteiger partial charge in [-0.05, 0) is 57.1 Å². The lowest BCUT2D eigenvalue weighted by Gasteiger charge is -2.34. The Kier molecular flexibility index (Phi) is 10.9. The molecule has 0 bridgehead atoms. The molecule has 2 heterocycles. The number of ketones is 1. The molecule has 0 fully saturated rings. The van der Waals surface area contributed by atoms with E-state index in [0.717, 1.165) is 42.0 Å². The highest BCUT2D eigenvalue weighted by molar-refractivity contribution is 7.09. The average Bonchev–Trinajstić information content (AvgIpc) is 3.21. The van der Waals surface area contributed by atoms with Crippen molar-refractivity contribution in [1.82, 2.24) is 4.98 Å². The molecule has 0 amide bonds. The second kappa shape index (κ2) is 12.9. The summed E-state index contributed by atoms with van der Waals surface area (Å²) in [5.41, 5.74) is 1.81. The van der Waals surface area contributed by atoms with E-state index in [2.05, 4.69) is 18.0 Å². The quantitative estimate of drug-likeness (QED) is 0.407. The molecule has 0 aromatic carbocycles. The summed E-state index contributed by atoms with van der Waals surface area (Å²) in [5, 5.41) is 24.6. The fourth-order valence-electron chi connectivity index (χ4n) is 4.64. The van der Waals surface area contributed by atoms with Crippen LogP contribution in [-0.2, 0) is 14.3 Å². The number of Topliss-reactive ketones (excluding diaryl/α,β-unsaturated/α-hetero) is 1. The van der Waals surface area contributed by atoms with Gasteiger partial charge in [0.05, 0.1) is 34.7 Å². The lowest BCUT2D eigenvalue weighted by Crippen LogP contribution is -2.45. The highest BCUT2D eigenvalue weighted by Gasteiger charge is 2.42. The summed E-state index contributed by atoms with van der Waals surface area (Å²) >= 11 is 1.57. The van der Waals surface area contributed by atoms with Crippen molar-refractivity contribution >= 4 is 29.2 Å². The normalized spacial score (nSPS) is 31.5. The minimum absolute atomic E-state index is 0.0441. The molecule has 1 aromatic rings. The molecule has 5 atom stereocenters. The average molecular weight is 506 g/mol. The van der Waals surface area contributed by atoms with E-state index in [1.807, 2.05) is 32.2 Å². The zero-order chi connectivity index (χ0) is 26.3. The van der Waals surface area contributed by atoms with Gasteiger partial charge in [-0.2, -0.15) is 0 Å². The van der Waals surface area contributed by atoms with Gasteiger partial charge in [0.25, 0.3) is 0 Å². The van der Waals surface area contributed by atoms with Crippen LogP contribution in [0.2, 0.25) is 0 Å². The minimum atomic E-state index is -1.21. The maximum Gasteiger partial charge on any atom is 0.309 e. The van der Waals surface area contributed by atoms with E-state index in [1.54, 1.807) is 32.1 Å².